The van der Waals surface area contributed by atoms with Crippen LogP contribution in [0.2, 0.25) is 0 Å². The lowest BCUT2D eigenvalue weighted by atomic mass is 10.1. The van der Waals surface area contributed by atoms with Gasteiger partial charge >= 0.3 is 0 Å². The minimum absolute atomic E-state index is 0.236. The summed E-state index contributed by atoms with van der Waals surface area (Å²) in [5.74, 6) is 0.161. The Hall–Kier alpha value is -4.26. The number of primary amides is 1. The van der Waals surface area contributed by atoms with Gasteiger partial charge in [-0.1, -0.05) is 12.1 Å². The van der Waals surface area contributed by atoms with E-state index in [-0.39, 0.29) is 11.5 Å². The third-order valence-corrected chi connectivity index (χ3v) is 4.26. The van der Waals surface area contributed by atoms with Crippen LogP contribution in [0, 0.1) is 0 Å². The number of carbonyl (C=O) groups excluding carboxylic acids is 2. The minimum atomic E-state index is -0.574. The van der Waals surface area contributed by atoms with Crippen molar-refractivity contribution < 1.29 is 14.3 Å². The Morgan fingerprint density at radius 3 is 2.52 bits per heavy atom. The Morgan fingerprint density at radius 2 is 1.72 bits per heavy atom. The first kappa shape index (κ1) is 18.1. The fraction of sp³-hybridized carbons (Fsp3) is 0. The van der Waals surface area contributed by atoms with Crippen molar-refractivity contribution in [1.82, 2.24) is 9.97 Å². The van der Waals surface area contributed by atoms with Crippen molar-refractivity contribution >= 4 is 28.3 Å². The van der Waals surface area contributed by atoms with Crippen molar-refractivity contribution in [2.45, 2.75) is 0 Å². The van der Waals surface area contributed by atoms with Gasteiger partial charge in [0, 0.05) is 29.7 Å². The first-order chi connectivity index (χ1) is 14.1. The van der Waals surface area contributed by atoms with Crippen LogP contribution >= 0.6 is 0 Å². The van der Waals surface area contributed by atoms with Gasteiger partial charge in [-0.15, -0.1) is 0 Å². The van der Waals surface area contributed by atoms with Crippen LogP contribution in [0.25, 0.3) is 10.8 Å². The Balaban J connectivity index is 1.60. The number of hydrogen-bond donors (Lipinski definition) is 2. The lowest BCUT2D eigenvalue weighted by Crippen LogP contribution is -2.12. The summed E-state index contributed by atoms with van der Waals surface area (Å²) in [5, 5.41) is 4.65. The van der Waals surface area contributed by atoms with Gasteiger partial charge in [0.05, 0.1) is 17.3 Å². The number of ether oxygens (including phenoxy) is 1. The van der Waals surface area contributed by atoms with E-state index in [1.165, 1.54) is 24.7 Å². The summed E-state index contributed by atoms with van der Waals surface area (Å²) in [7, 11) is 0. The minimum Gasteiger partial charge on any atom is -0.456 e. The number of rotatable bonds is 5. The van der Waals surface area contributed by atoms with E-state index in [9.17, 15) is 9.59 Å². The molecule has 0 spiro atoms. The molecule has 7 heteroatoms. The van der Waals surface area contributed by atoms with Gasteiger partial charge in [-0.05, 0) is 47.9 Å². The number of pyridine rings is 2. The van der Waals surface area contributed by atoms with Gasteiger partial charge in [0.1, 0.15) is 11.5 Å². The molecule has 0 saturated carbocycles. The number of nitrogens with one attached hydrogen (secondary N) is 1. The van der Waals surface area contributed by atoms with Gasteiger partial charge in [-0.2, -0.15) is 0 Å². The van der Waals surface area contributed by atoms with Crippen molar-refractivity contribution in [2.24, 2.45) is 5.73 Å². The van der Waals surface area contributed by atoms with Gasteiger partial charge in [-0.25, -0.2) is 0 Å². The lowest BCUT2D eigenvalue weighted by Gasteiger charge is -2.11. The number of carbonyl (C=O) groups is 2. The summed E-state index contributed by atoms with van der Waals surface area (Å²) in [5.41, 5.74) is 6.70. The lowest BCUT2D eigenvalue weighted by molar-refractivity contribution is 0.0997. The van der Waals surface area contributed by atoms with Crippen LogP contribution in [-0.4, -0.2) is 21.8 Å². The van der Waals surface area contributed by atoms with E-state index < -0.39 is 5.91 Å². The molecule has 3 N–H and O–H groups in total. The largest absolute Gasteiger partial charge is 0.456 e. The number of nitrogens with zero attached hydrogens (tertiary/aromatic N) is 2. The van der Waals surface area contributed by atoms with E-state index in [1.807, 2.05) is 30.3 Å². The fourth-order valence-electron chi connectivity index (χ4n) is 2.87. The number of anilines is 1. The summed E-state index contributed by atoms with van der Waals surface area (Å²) in [6.45, 7) is 0. The second kappa shape index (κ2) is 7.77. The van der Waals surface area contributed by atoms with Gasteiger partial charge in [0.25, 0.3) is 5.91 Å². The summed E-state index contributed by atoms with van der Waals surface area (Å²) in [6.07, 6.45) is 6.01. The second-order valence-electron chi connectivity index (χ2n) is 6.26. The summed E-state index contributed by atoms with van der Waals surface area (Å²) in [4.78, 5) is 31.7. The fourth-order valence-corrected chi connectivity index (χ4v) is 2.87. The average Bonchev–Trinajstić information content (AvgIpc) is 2.74. The summed E-state index contributed by atoms with van der Waals surface area (Å²) in [6, 6.07) is 16.0. The van der Waals surface area contributed by atoms with E-state index in [2.05, 4.69) is 15.3 Å². The molecule has 0 aliphatic heterocycles. The molecule has 142 valence electrons. The molecule has 0 atom stereocenters. The van der Waals surface area contributed by atoms with E-state index >= 15 is 0 Å². The normalized spacial score (nSPS) is 10.5. The Bertz CT molecular complexity index is 1210. The summed E-state index contributed by atoms with van der Waals surface area (Å²) < 4.78 is 5.80. The van der Waals surface area contributed by atoms with Gasteiger partial charge in [0.15, 0.2) is 0 Å². The van der Waals surface area contributed by atoms with Crippen LogP contribution in [0.1, 0.15) is 20.7 Å². The van der Waals surface area contributed by atoms with E-state index in [4.69, 9.17) is 10.5 Å². The number of nitrogens with two attached hydrogens (primary N) is 1. The number of benzene rings is 2. The van der Waals surface area contributed by atoms with Gasteiger partial charge in [-0.3, -0.25) is 19.6 Å². The molecule has 0 saturated heterocycles. The maximum absolute atomic E-state index is 12.4. The topological polar surface area (TPSA) is 107 Å². The van der Waals surface area contributed by atoms with Crippen LogP contribution in [-0.2, 0) is 0 Å². The molecule has 2 aromatic carbocycles. The zero-order valence-electron chi connectivity index (χ0n) is 15.2. The predicted octanol–water partition coefficient (Wildman–Crippen LogP) is 3.77. The first-order valence-corrected chi connectivity index (χ1v) is 8.77. The highest BCUT2D eigenvalue weighted by Crippen LogP contribution is 2.30. The Kier molecular flexibility index (Phi) is 4.86. The van der Waals surface area contributed by atoms with Crippen LogP contribution in [0.5, 0.6) is 11.5 Å². The molecule has 0 aliphatic carbocycles. The molecule has 0 radical (unpaired) electrons. The number of aromatic nitrogens is 2. The number of amides is 2. The van der Waals surface area contributed by atoms with Crippen molar-refractivity contribution in [3.8, 4) is 11.5 Å². The van der Waals surface area contributed by atoms with Crippen molar-refractivity contribution in [3.05, 3.63) is 90.5 Å². The highest BCUT2D eigenvalue weighted by molar-refractivity contribution is 6.09. The molecule has 2 aromatic heterocycles. The van der Waals surface area contributed by atoms with E-state index in [1.54, 1.807) is 24.4 Å². The van der Waals surface area contributed by atoms with Crippen molar-refractivity contribution in [2.75, 3.05) is 5.32 Å². The first-order valence-electron chi connectivity index (χ1n) is 8.77. The molecule has 2 amide bonds. The van der Waals surface area contributed by atoms with Crippen LogP contribution in [0.15, 0.2) is 79.4 Å². The smallest absolute Gasteiger partial charge is 0.257 e. The highest BCUT2D eigenvalue weighted by Gasteiger charge is 2.10. The molecular weight excluding hydrogens is 368 g/mol. The maximum atomic E-state index is 12.4. The molecule has 0 aliphatic rings. The van der Waals surface area contributed by atoms with Crippen molar-refractivity contribution in [1.29, 1.82) is 0 Å². The van der Waals surface area contributed by atoms with E-state index in [0.717, 1.165) is 10.8 Å². The van der Waals surface area contributed by atoms with Gasteiger partial charge < -0.3 is 15.8 Å². The molecule has 2 heterocycles. The second-order valence-corrected chi connectivity index (χ2v) is 6.26. The molecule has 0 unspecified atom stereocenters. The molecule has 4 rings (SSSR count). The number of fused-ring (bicyclic) bond motifs is 1. The monoisotopic (exact) mass is 384 g/mol. The van der Waals surface area contributed by atoms with Gasteiger partial charge in [0.2, 0.25) is 5.91 Å². The molecule has 7 nitrogen and oxygen atoms in total. The predicted molar refractivity (Wildman–Crippen MR) is 109 cm³/mol. The maximum Gasteiger partial charge on any atom is 0.257 e. The van der Waals surface area contributed by atoms with E-state index in [0.29, 0.717) is 22.7 Å². The number of hydrogen-bond acceptors (Lipinski definition) is 5. The zero-order valence-corrected chi connectivity index (χ0v) is 15.2. The molecule has 0 bridgehead atoms. The standard InChI is InChI=1S/C22H16N4O3/c23-21(27)16-10-18(13-25-12-16)29-17-6-7-19-14(9-17)3-1-5-20(19)26-22(28)15-4-2-8-24-11-15/h1-13H,(H2,23,27)(H,26,28). The average molecular weight is 384 g/mol. The SMILES string of the molecule is NC(=O)c1cncc(Oc2ccc3c(NC(=O)c4cccnc4)cccc3c2)c1. The van der Waals surface area contributed by atoms with Crippen LogP contribution in [0.4, 0.5) is 5.69 Å². The molecule has 0 fully saturated rings. The van der Waals surface area contributed by atoms with Crippen LogP contribution in [0.3, 0.4) is 0 Å². The third-order valence-electron chi connectivity index (χ3n) is 4.26. The quantitative estimate of drug-likeness (QED) is 0.545. The molecule has 4 aromatic rings. The van der Waals surface area contributed by atoms with Crippen LogP contribution < -0.4 is 15.8 Å². The van der Waals surface area contributed by atoms with Crippen molar-refractivity contribution in [3.63, 3.8) is 0 Å². The summed E-state index contributed by atoms with van der Waals surface area (Å²) >= 11 is 0. The zero-order chi connectivity index (χ0) is 20.2. The molecule has 29 heavy (non-hydrogen) atoms. The third kappa shape index (κ3) is 4.03. The Morgan fingerprint density at radius 1 is 0.862 bits per heavy atom. The molecular formula is C22H16N4O3. The highest BCUT2D eigenvalue weighted by atomic mass is 16.5. The Labute approximate surface area is 166 Å².